The predicted octanol–water partition coefficient (Wildman–Crippen LogP) is 2.67. The van der Waals surface area contributed by atoms with Gasteiger partial charge in [0, 0.05) is 6.42 Å². The quantitative estimate of drug-likeness (QED) is 0.860. The molecule has 0 heterocycles. The summed E-state index contributed by atoms with van der Waals surface area (Å²) in [6.07, 6.45) is 0.889. The van der Waals surface area contributed by atoms with Crippen molar-refractivity contribution in [1.29, 1.82) is 0 Å². The third-order valence-electron chi connectivity index (χ3n) is 3.57. The molecule has 0 bridgehead atoms. The Bertz CT molecular complexity index is 726. The summed E-state index contributed by atoms with van der Waals surface area (Å²) in [5, 5.41) is 2.76. The van der Waals surface area contributed by atoms with Crippen LogP contribution in [0.2, 0.25) is 0 Å². The van der Waals surface area contributed by atoms with Gasteiger partial charge in [0.25, 0.3) is 5.91 Å². The van der Waals surface area contributed by atoms with E-state index in [1.165, 1.54) is 0 Å². The monoisotopic (exact) mass is 312 g/mol. The van der Waals surface area contributed by atoms with Gasteiger partial charge in [-0.2, -0.15) is 0 Å². The van der Waals surface area contributed by atoms with E-state index in [-0.39, 0.29) is 5.91 Å². The first-order valence-electron chi connectivity index (χ1n) is 7.33. The molecular formula is C18H20N2O3. The average molecular weight is 312 g/mol. The normalized spacial score (nSPS) is 10.2. The van der Waals surface area contributed by atoms with Gasteiger partial charge in [0.1, 0.15) is 5.75 Å². The van der Waals surface area contributed by atoms with Gasteiger partial charge >= 0.3 is 0 Å². The van der Waals surface area contributed by atoms with E-state index in [2.05, 4.69) is 5.32 Å². The first-order chi connectivity index (χ1) is 11.0. The van der Waals surface area contributed by atoms with Crippen LogP contribution in [0.25, 0.3) is 0 Å². The number of amides is 2. The van der Waals surface area contributed by atoms with Gasteiger partial charge in [0.15, 0.2) is 0 Å². The standard InChI is InChI=1S/C18H20N2O3/c1-12-5-3-8-15(17(12)18(19)22)20-16(21)10-9-13-6-4-7-14(11-13)23-2/h3-8,11H,9-10H2,1-2H3,(H2,19,22)(H,20,21). The van der Waals surface area contributed by atoms with Gasteiger partial charge in [-0.05, 0) is 42.7 Å². The second-order valence-electron chi connectivity index (χ2n) is 5.26. The summed E-state index contributed by atoms with van der Waals surface area (Å²) in [6, 6.07) is 12.8. The molecule has 2 aromatic carbocycles. The molecule has 5 heteroatoms. The lowest BCUT2D eigenvalue weighted by molar-refractivity contribution is -0.116. The summed E-state index contributed by atoms with van der Waals surface area (Å²) in [6.45, 7) is 1.78. The molecule has 2 aromatic rings. The van der Waals surface area contributed by atoms with Gasteiger partial charge in [-0.3, -0.25) is 9.59 Å². The minimum absolute atomic E-state index is 0.166. The van der Waals surface area contributed by atoms with Gasteiger partial charge < -0.3 is 15.8 Å². The highest BCUT2D eigenvalue weighted by molar-refractivity contribution is 6.04. The summed E-state index contributed by atoms with van der Waals surface area (Å²) in [5.74, 6) is 0.0460. The Kier molecular flexibility index (Phi) is 5.36. The smallest absolute Gasteiger partial charge is 0.251 e. The minimum Gasteiger partial charge on any atom is -0.497 e. The number of aryl methyl sites for hydroxylation is 2. The van der Waals surface area contributed by atoms with Crippen LogP contribution in [0.1, 0.15) is 27.9 Å². The van der Waals surface area contributed by atoms with Gasteiger partial charge in [0.05, 0.1) is 18.4 Å². The fourth-order valence-electron chi connectivity index (χ4n) is 2.40. The fraction of sp³-hybridized carbons (Fsp3) is 0.222. The third kappa shape index (κ3) is 4.32. The maximum atomic E-state index is 12.1. The van der Waals surface area contributed by atoms with Crippen LogP contribution in [0.3, 0.4) is 0 Å². The zero-order valence-electron chi connectivity index (χ0n) is 13.3. The van der Waals surface area contributed by atoms with Crippen molar-refractivity contribution < 1.29 is 14.3 Å². The lowest BCUT2D eigenvalue weighted by Crippen LogP contribution is -2.19. The van der Waals surface area contributed by atoms with Crippen LogP contribution in [0.4, 0.5) is 5.69 Å². The first kappa shape index (κ1) is 16.5. The molecule has 0 atom stereocenters. The summed E-state index contributed by atoms with van der Waals surface area (Å²) in [7, 11) is 1.61. The first-order valence-corrected chi connectivity index (χ1v) is 7.33. The lowest BCUT2D eigenvalue weighted by atomic mass is 10.1. The van der Waals surface area contributed by atoms with Crippen molar-refractivity contribution in [3.63, 3.8) is 0 Å². The number of ether oxygens (including phenoxy) is 1. The molecular weight excluding hydrogens is 292 g/mol. The number of anilines is 1. The van der Waals surface area contributed by atoms with Gasteiger partial charge in [-0.1, -0.05) is 24.3 Å². The summed E-state index contributed by atoms with van der Waals surface area (Å²) >= 11 is 0. The van der Waals surface area contributed by atoms with E-state index in [1.807, 2.05) is 24.3 Å². The number of benzene rings is 2. The van der Waals surface area contributed by atoms with Crippen molar-refractivity contribution >= 4 is 17.5 Å². The molecule has 0 fully saturated rings. The number of rotatable bonds is 6. The lowest BCUT2D eigenvalue weighted by Gasteiger charge is -2.11. The van der Waals surface area contributed by atoms with Crippen molar-refractivity contribution in [3.8, 4) is 5.75 Å². The molecule has 0 radical (unpaired) electrons. The van der Waals surface area contributed by atoms with E-state index >= 15 is 0 Å². The molecule has 0 spiro atoms. The molecule has 0 saturated heterocycles. The number of methoxy groups -OCH3 is 1. The van der Waals surface area contributed by atoms with Gasteiger partial charge in [-0.15, -0.1) is 0 Å². The van der Waals surface area contributed by atoms with E-state index in [4.69, 9.17) is 10.5 Å². The number of hydrogen-bond acceptors (Lipinski definition) is 3. The zero-order valence-corrected chi connectivity index (χ0v) is 13.3. The Morgan fingerprint density at radius 1 is 1.17 bits per heavy atom. The number of primary amides is 1. The molecule has 120 valence electrons. The van der Waals surface area contributed by atoms with E-state index < -0.39 is 5.91 Å². The van der Waals surface area contributed by atoms with Crippen molar-refractivity contribution in [2.75, 3.05) is 12.4 Å². The van der Waals surface area contributed by atoms with Crippen LogP contribution >= 0.6 is 0 Å². The Morgan fingerprint density at radius 3 is 2.61 bits per heavy atom. The van der Waals surface area contributed by atoms with E-state index in [0.29, 0.717) is 24.1 Å². The molecule has 2 amide bonds. The zero-order chi connectivity index (χ0) is 16.8. The second kappa shape index (κ2) is 7.45. The molecule has 0 aliphatic rings. The topological polar surface area (TPSA) is 81.4 Å². The molecule has 0 aromatic heterocycles. The average Bonchev–Trinajstić information content (AvgIpc) is 2.53. The molecule has 0 aliphatic carbocycles. The van der Waals surface area contributed by atoms with Gasteiger partial charge in [-0.25, -0.2) is 0 Å². The Balaban J connectivity index is 2.03. The molecule has 3 N–H and O–H groups in total. The van der Waals surface area contributed by atoms with Crippen LogP contribution in [0.15, 0.2) is 42.5 Å². The minimum atomic E-state index is -0.550. The molecule has 0 unspecified atom stereocenters. The Labute approximate surface area is 135 Å². The fourth-order valence-corrected chi connectivity index (χ4v) is 2.40. The molecule has 5 nitrogen and oxygen atoms in total. The van der Waals surface area contributed by atoms with Crippen LogP contribution in [0, 0.1) is 6.92 Å². The van der Waals surface area contributed by atoms with Crippen LogP contribution in [-0.4, -0.2) is 18.9 Å². The van der Waals surface area contributed by atoms with Crippen molar-refractivity contribution in [2.24, 2.45) is 5.73 Å². The van der Waals surface area contributed by atoms with Crippen molar-refractivity contribution in [1.82, 2.24) is 0 Å². The van der Waals surface area contributed by atoms with Crippen LogP contribution < -0.4 is 15.8 Å². The number of carbonyl (C=O) groups is 2. The number of hydrogen-bond donors (Lipinski definition) is 2. The maximum absolute atomic E-state index is 12.1. The third-order valence-corrected chi connectivity index (χ3v) is 3.57. The van der Waals surface area contributed by atoms with E-state index in [9.17, 15) is 9.59 Å². The largest absolute Gasteiger partial charge is 0.497 e. The van der Waals surface area contributed by atoms with Crippen LogP contribution in [-0.2, 0) is 11.2 Å². The maximum Gasteiger partial charge on any atom is 0.251 e. The van der Waals surface area contributed by atoms with Gasteiger partial charge in [0.2, 0.25) is 5.91 Å². The Hall–Kier alpha value is -2.82. The molecule has 0 saturated carbocycles. The summed E-state index contributed by atoms with van der Waals surface area (Å²) in [4.78, 5) is 23.7. The SMILES string of the molecule is COc1cccc(CCC(=O)Nc2cccc(C)c2C(N)=O)c1. The highest BCUT2D eigenvalue weighted by Gasteiger charge is 2.13. The number of carbonyl (C=O) groups excluding carboxylic acids is 2. The Morgan fingerprint density at radius 2 is 1.91 bits per heavy atom. The van der Waals surface area contributed by atoms with E-state index in [1.54, 1.807) is 32.2 Å². The summed E-state index contributed by atoms with van der Waals surface area (Å²) < 4.78 is 5.16. The molecule has 23 heavy (non-hydrogen) atoms. The highest BCUT2D eigenvalue weighted by atomic mass is 16.5. The predicted molar refractivity (Wildman–Crippen MR) is 89.6 cm³/mol. The second-order valence-corrected chi connectivity index (χ2v) is 5.26. The van der Waals surface area contributed by atoms with Crippen molar-refractivity contribution in [2.45, 2.75) is 19.8 Å². The molecule has 2 rings (SSSR count). The number of nitrogens with two attached hydrogens (primary N) is 1. The number of nitrogens with one attached hydrogen (secondary N) is 1. The van der Waals surface area contributed by atoms with E-state index in [0.717, 1.165) is 16.9 Å². The summed E-state index contributed by atoms with van der Waals surface area (Å²) in [5.41, 5.74) is 7.94. The van der Waals surface area contributed by atoms with Crippen LogP contribution in [0.5, 0.6) is 5.75 Å². The highest BCUT2D eigenvalue weighted by Crippen LogP contribution is 2.20. The molecule has 0 aliphatic heterocycles. The van der Waals surface area contributed by atoms with Crippen molar-refractivity contribution in [3.05, 3.63) is 59.2 Å².